The van der Waals surface area contributed by atoms with E-state index in [1.807, 2.05) is 13.8 Å². The van der Waals surface area contributed by atoms with Gasteiger partial charge in [-0.25, -0.2) is 18.7 Å². The van der Waals surface area contributed by atoms with Crippen molar-refractivity contribution in [2.24, 2.45) is 0 Å². The van der Waals surface area contributed by atoms with Crippen molar-refractivity contribution in [1.29, 1.82) is 0 Å². The van der Waals surface area contributed by atoms with E-state index in [9.17, 15) is 8.78 Å². The molecular weight excluding hydrogens is 370 g/mol. The second-order valence-electron chi connectivity index (χ2n) is 3.79. The Balaban J connectivity index is 2.66. The second-order valence-corrected chi connectivity index (χ2v) is 5.40. The maximum absolute atomic E-state index is 13.7. The highest BCUT2D eigenvalue weighted by Gasteiger charge is 2.14. The third-order valence-electron chi connectivity index (χ3n) is 2.58. The van der Waals surface area contributed by atoms with Crippen molar-refractivity contribution in [1.82, 2.24) is 9.97 Å². The maximum Gasteiger partial charge on any atom is 0.163 e. The molecule has 0 unspecified atom stereocenters. The Morgan fingerprint density at radius 2 is 1.67 bits per heavy atom. The van der Waals surface area contributed by atoms with Gasteiger partial charge in [-0.15, -0.1) is 0 Å². The molecular formula is C12H8Br2F2N2. The summed E-state index contributed by atoms with van der Waals surface area (Å²) >= 11 is 6.31. The van der Waals surface area contributed by atoms with Crippen LogP contribution in [0.25, 0.3) is 11.4 Å². The molecule has 2 rings (SSSR count). The van der Waals surface area contributed by atoms with Crippen molar-refractivity contribution in [3.63, 3.8) is 0 Å². The first kappa shape index (κ1) is 13.5. The van der Waals surface area contributed by atoms with Gasteiger partial charge in [-0.1, -0.05) is 0 Å². The fourth-order valence-electron chi connectivity index (χ4n) is 1.41. The molecule has 0 N–H and O–H groups in total. The molecule has 94 valence electrons. The van der Waals surface area contributed by atoms with Crippen LogP contribution in [0.1, 0.15) is 11.3 Å². The third kappa shape index (κ3) is 2.44. The molecule has 1 heterocycles. The van der Waals surface area contributed by atoms with Gasteiger partial charge in [-0.3, -0.25) is 0 Å². The van der Waals surface area contributed by atoms with Gasteiger partial charge < -0.3 is 0 Å². The highest BCUT2D eigenvalue weighted by Crippen LogP contribution is 2.28. The van der Waals surface area contributed by atoms with E-state index < -0.39 is 11.6 Å². The van der Waals surface area contributed by atoms with Crippen LogP contribution in [0, 0.1) is 25.5 Å². The van der Waals surface area contributed by atoms with E-state index in [2.05, 4.69) is 41.8 Å². The molecule has 0 fully saturated rings. The Morgan fingerprint density at radius 3 is 2.28 bits per heavy atom. The summed E-state index contributed by atoms with van der Waals surface area (Å²) in [4.78, 5) is 8.37. The van der Waals surface area contributed by atoms with Crippen LogP contribution < -0.4 is 0 Å². The molecule has 0 spiro atoms. The molecule has 0 aliphatic carbocycles. The number of aryl methyl sites for hydroxylation is 1. The fraction of sp³-hybridized carbons (Fsp3) is 0.167. The summed E-state index contributed by atoms with van der Waals surface area (Å²) in [6.07, 6.45) is 0. The molecule has 0 bridgehead atoms. The average Bonchev–Trinajstić information content (AvgIpc) is 2.30. The first-order chi connectivity index (χ1) is 8.40. The predicted octanol–water partition coefficient (Wildman–Crippen LogP) is 4.56. The number of aromatic nitrogens is 2. The summed E-state index contributed by atoms with van der Waals surface area (Å²) in [5, 5.41) is 0. The van der Waals surface area contributed by atoms with Crippen LogP contribution in [0.4, 0.5) is 8.78 Å². The molecule has 0 saturated heterocycles. The van der Waals surface area contributed by atoms with Crippen molar-refractivity contribution >= 4 is 31.9 Å². The van der Waals surface area contributed by atoms with Gasteiger partial charge in [-0.2, -0.15) is 0 Å². The molecule has 0 saturated carbocycles. The van der Waals surface area contributed by atoms with E-state index in [4.69, 9.17) is 0 Å². The van der Waals surface area contributed by atoms with Gasteiger partial charge in [-0.05, 0) is 51.8 Å². The Kier molecular flexibility index (Phi) is 3.77. The van der Waals surface area contributed by atoms with E-state index >= 15 is 0 Å². The SMILES string of the molecule is Cc1nc(-c2cc(Br)c(F)cc2F)nc(Br)c1C. The van der Waals surface area contributed by atoms with Crippen molar-refractivity contribution in [2.75, 3.05) is 0 Å². The Bertz CT molecular complexity index is 607. The standard InChI is InChI=1S/C12H8Br2F2N2/c1-5-6(2)17-12(18-11(5)14)7-3-8(13)10(16)4-9(7)15/h3-4H,1-2H3. The molecule has 6 heteroatoms. The van der Waals surface area contributed by atoms with Gasteiger partial charge in [0, 0.05) is 17.3 Å². The zero-order chi connectivity index (χ0) is 13.4. The van der Waals surface area contributed by atoms with Crippen LogP contribution >= 0.6 is 31.9 Å². The van der Waals surface area contributed by atoms with Gasteiger partial charge in [0.05, 0.1) is 10.0 Å². The van der Waals surface area contributed by atoms with Crippen molar-refractivity contribution < 1.29 is 8.78 Å². The lowest BCUT2D eigenvalue weighted by atomic mass is 10.2. The molecule has 0 atom stereocenters. The zero-order valence-electron chi connectivity index (χ0n) is 9.56. The van der Waals surface area contributed by atoms with Crippen LogP contribution in [-0.4, -0.2) is 9.97 Å². The monoisotopic (exact) mass is 376 g/mol. The first-order valence-corrected chi connectivity index (χ1v) is 6.64. The average molecular weight is 378 g/mol. The lowest BCUT2D eigenvalue weighted by molar-refractivity contribution is 0.580. The molecule has 0 aliphatic rings. The van der Waals surface area contributed by atoms with Crippen molar-refractivity contribution in [2.45, 2.75) is 13.8 Å². The molecule has 18 heavy (non-hydrogen) atoms. The topological polar surface area (TPSA) is 25.8 Å². The smallest absolute Gasteiger partial charge is 0.163 e. The quantitative estimate of drug-likeness (QED) is 0.537. The van der Waals surface area contributed by atoms with Gasteiger partial charge >= 0.3 is 0 Å². The minimum absolute atomic E-state index is 0.159. The lowest BCUT2D eigenvalue weighted by Crippen LogP contribution is -1.99. The number of nitrogens with zero attached hydrogens (tertiary/aromatic N) is 2. The molecule has 0 radical (unpaired) electrons. The summed E-state index contributed by atoms with van der Waals surface area (Å²) in [6, 6.07) is 2.15. The number of benzene rings is 1. The number of halogens is 4. The van der Waals surface area contributed by atoms with Crippen LogP contribution in [0.5, 0.6) is 0 Å². The second kappa shape index (κ2) is 5.01. The van der Waals surface area contributed by atoms with E-state index in [1.54, 1.807) is 0 Å². The van der Waals surface area contributed by atoms with Gasteiger partial charge in [0.15, 0.2) is 5.82 Å². The third-order valence-corrected chi connectivity index (χ3v) is 3.96. The highest BCUT2D eigenvalue weighted by molar-refractivity contribution is 9.10. The number of hydrogen-bond donors (Lipinski definition) is 0. The first-order valence-electron chi connectivity index (χ1n) is 5.06. The Labute approximate surface area is 120 Å². The van der Waals surface area contributed by atoms with Crippen LogP contribution in [0.3, 0.4) is 0 Å². The zero-order valence-corrected chi connectivity index (χ0v) is 12.7. The largest absolute Gasteiger partial charge is 0.233 e. The summed E-state index contributed by atoms with van der Waals surface area (Å²) in [5.74, 6) is -1.12. The highest BCUT2D eigenvalue weighted by atomic mass is 79.9. The number of hydrogen-bond acceptors (Lipinski definition) is 2. The molecule has 2 aromatic rings. The molecule has 0 amide bonds. The Hall–Kier alpha value is -0.880. The summed E-state index contributed by atoms with van der Waals surface area (Å²) in [6.45, 7) is 3.67. The number of rotatable bonds is 1. The minimum atomic E-state index is -0.689. The normalized spacial score (nSPS) is 10.8. The molecule has 2 nitrogen and oxygen atoms in total. The van der Waals surface area contributed by atoms with E-state index in [-0.39, 0.29) is 15.9 Å². The van der Waals surface area contributed by atoms with Crippen molar-refractivity contribution in [3.05, 3.63) is 44.1 Å². The minimum Gasteiger partial charge on any atom is -0.233 e. The van der Waals surface area contributed by atoms with Crippen LogP contribution in [-0.2, 0) is 0 Å². The summed E-state index contributed by atoms with van der Waals surface area (Å²) in [5.41, 5.74) is 1.79. The predicted molar refractivity (Wildman–Crippen MR) is 72.3 cm³/mol. The summed E-state index contributed by atoms with van der Waals surface area (Å²) in [7, 11) is 0. The van der Waals surface area contributed by atoms with Gasteiger partial charge in [0.2, 0.25) is 0 Å². The Morgan fingerprint density at radius 1 is 1.00 bits per heavy atom. The summed E-state index contributed by atoms with van der Waals surface area (Å²) < 4.78 is 27.7. The van der Waals surface area contributed by atoms with Gasteiger partial charge in [0.1, 0.15) is 16.2 Å². The lowest BCUT2D eigenvalue weighted by Gasteiger charge is -2.08. The molecule has 0 aliphatic heterocycles. The van der Waals surface area contributed by atoms with E-state index in [1.165, 1.54) is 6.07 Å². The van der Waals surface area contributed by atoms with Crippen molar-refractivity contribution in [3.8, 4) is 11.4 Å². The van der Waals surface area contributed by atoms with E-state index in [0.717, 1.165) is 17.3 Å². The fourth-order valence-corrected chi connectivity index (χ4v) is 2.21. The molecule has 1 aromatic carbocycles. The van der Waals surface area contributed by atoms with Crippen LogP contribution in [0.15, 0.2) is 21.2 Å². The van der Waals surface area contributed by atoms with E-state index in [0.29, 0.717) is 4.60 Å². The molecule has 1 aromatic heterocycles. The van der Waals surface area contributed by atoms with Crippen LogP contribution in [0.2, 0.25) is 0 Å². The maximum atomic E-state index is 13.7. The van der Waals surface area contributed by atoms with Gasteiger partial charge in [0.25, 0.3) is 0 Å².